The number of nitrogens with one attached hydrogen (secondary N) is 4. The quantitative estimate of drug-likeness (QED) is 0.291. The van der Waals surface area contributed by atoms with Gasteiger partial charge in [-0.25, -0.2) is 9.67 Å². The molecular weight excluding hydrogens is 557 g/mol. The standard InChI is InChI=1S/C27H35F3N8O2S/c1-25(2)14-18-17-37(25)23-20(24(39)36-41-19(15-31)16-32-10-3-11-33-18)4-5-21(34-23)38-12-6-22(35-38)40-13-9-26(7-8-26)27(28,29)30/h4-6,12,15-16,18,31-33H,3,7-11,13-14,17H2,1-2H3,(H,36,39)/b19-16+,31-15?. The van der Waals surface area contributed by atoms with Crippen LogP contribution in [0, 0.1) is 10.8 Å². The molecule has 1 amide bonds. The van der Waals surface area contributed by atoms with Crippen LogP contribution < -0.4 is 25.0 Å². The Morgan fingerprint density at radius 3 is 2.78 bits per heavy atom. The van der Waals surface area contributed by atoms with Crippen molar-refractivity contribution in [2.75, 3.05) is 31.1 Å². The number of halogens is 3. The van der Waals surface area contributed by atoms with Crippen molar-refractivity contribution in [2.45, 2.75) is 63.7 Å². The number of anilines is 1. The van der Waals surface area contributed by atoms with E-state index in [0.29, 0.717) is 28.6 Å². The number of nitrogens with zero attached hydrogens (tertiary/aromatic N) is 4. The zero-order chi connectivity index (χ0) is 29.3. The third-order valence-electron chi connectivity index (χ3n) is 7.90. The number of pyridine rings is 1. The summed E-state index contributed by atoms with van der Waals surface area (Å²) in [4.78, 5) is 20.9. The van der Waals surface area contributed by atoms with Gasteiger partial charge in [-0.2, -0.15) is 13.2 Å². The maximum atomic E-state index is 13.4. The fourth-order valence-corrected chi connectivity index (χ4v) is 5.84. The van der Waals surface area contributed by atoms with Gasteiger partial charge in [0.25, 0.3) is 5.91 Å². The van der Waals surface area contributed by atoms with E-state index in [2.05, 4.69) is 39.2 Å². The molecule has 10 nitrogen and oxygen atoms in total. The predicted octanol–water partition coefficient (Wildman–Crippen LogP) is 4.19. The zero-order valence-electron chi connectivity index (χ0n) is 23.1. The molecule has 1 aliphatic carbocycles. The van der Waals surface area contributed by atoms with Crippen LogP contribution in [-0.2, 0) is 0 Å². The van der Waals surface area contributed by atoms with Gasteiger partial charge in [-0.3, -0.25) is 9.52 Å². The van der Waals surface area contributed by atoms with Gasteiger partial charge >= 0.3 is 6.18 Å². The smallest absolute Gasteiger partial charge is 0.394 e. The van der Waals surface area contributed by atoms with Gasteiger partial charge in [0.2, 0.25) is 5.88 Å². The Morgan fingerprint density at radius 1 is 1.24 bits per heavy atom. The molecule has 1 atom stereocenters. The van der Waals surface area contributed by atoms with Crippen LogP contribution in [-0.4, -0.2) is 70.9 Å². The second-order valence-corrected chi connectivity index (χ2v) is 12.2. The van der Waals surface area contributed by atoms with Gasteiger partial charge in [-0.05, 0) is 76.6 Å². The minimum atomic E-state index is -4.22. The van der Waals surface area contributed by atoms with E-state index >= 15 is 0 Å². The van der Waals surface area contributed by atoms with Crippen LogP contribution in [0.4, 0.5) is 19.0 Å². The summed E-state index contributed by atoms with van der Waals surface area (Å²) in [6.07, 6.45) is 2.24. The fraction of sp³-hybridized carbons (Fsp3) is 0.556. The summed E-state index contributed by atoms with van der Waals surface area (Å²) in [5, 5.41) is 18.8. The van der Waals surface area contributed by atoms with Gasteiger partial charge in [0, 0.05) is 49.3 Å². The van der Waals surface area contributed by atoms with Gasteiger partial charge in [-0.1, -0.05) is 0 Å². The van der Waals surface area contributed by atoms with Crippen LogP contribution in [0.3, 0.4) is 0 Å². The third-order valence-corrected chi connectivity index (χ3v) is 8.66. The molecule has 5 rings (SSSR count). The molecule has 41 heavy (non-hydrogen) atoms. The van der Waals surface area contributed by atoms with Crippen molar-refractivity contribution in [3.05, 3.63) is 41.1 Å². The average Bonchev–Trinajstić information content (AvgIpc) is 3.48. The summed E-state index contributed by atoms with van der Waals surface area (Å²) in [5.74, 6) is 0.812. The van der Waals surface area contributed by atoms with Crippen LogP contribution in [0.1, 0.15) is 56.3 Å². The van der Waals surface area contributed by atoms with Gasteiger partial charge in [0.1, 0.15) is 5.82 Å². The number of fused-ring (bicyclic) bond motifs is 4. The molecule has 2 aromatic heterocycles. The molecule has 2 aliphatic heterocycles. The molecule has 4 heterocycles. The van der Waals surface area contributed by atoms with E-state index in [1.54, 1.807) is 30.6 Å². The summed E-state index contributed by atoms with van der Waals surface area (Å²) in [6.45, 7) is 6.37. The first-order valence-corrected chi connectivity index (χ1v) is 14.5. The summed E-state index contributed by atoms with van der Waals surface area (Å²) in [6, 6.07) is 5.16. The van der Waals surface area contributed by atoms with Gasteiger partial charge < -0.3 is 25.7 Å². The lowest BCUT2D eigenvalue weighted by Gasteiger charge is -2.33. The number of allylic oxidation sites excluding steroid dienone is 1. The molecule has 14 heteroatoms. The maximum absolute atomic E-state index is 13.4. The van der Waals surface area contributed by atoms with Crippen LogP contribution in [0.15, 0.2) is 35.5 Å². The number of aromatic nitrogens is 3. The molecule has 2 fully saturated rings. The first-order chi connectivity index (χ1) is 19.5. The SMILES string of the molecule is CC1(C)CC2CN1c1nc(-n3ccc(OCCC4(C(F)(F)F)CC4)n3)ccc1C(=O)NS/C(C=N)=C/NCCCN2. The van der Waals surface area contributed by atoms with Crippen LogP contribution in [0.5, 0.6) is 5.88 Å². The van der Waals surface area contributed by atoms with Crippen LogP contribution >= 0.6 is 11.9 Å². The van der Waals surface area contributed by atoms with Crippen LogP contribution in [0.2, 0.25) is 0 Å². The summed E-state index contributed by atoms with van der Waals surface area (Å²) >= 11 is 1.05. The van der Waals surface area contributed by atoms with Crippen molar-refractivity contribution >= 4 is 29.9 Å². The number of carbonyl (C=O) groups is 1. The van der Waals surface area contributed by atoms with Gasteiger partial charge in [0.15, 0.2) is 5.82 Å². The third kappa shape index (κ3) is 6.48. The van der Waals surface area contributed by atoms with E-state index in [1.165, 1.54) is 10.9 Å². The highest BCUT2D eigenvalue weighted by Gasteiger charge is 2.62. The van der Waals surface area contributed by atoms with Crippen molar-refractivity contribution in [1.29, 1.82) is 5.41 Å². The lowest BCUT2D eigenvalue weighted by Crippen LogP contribution is -2.40. The van der Waals surface area contributed by atoms with E-state index in [-0.39, 0.29) is 49.2 Å². The number of carbonyl (C=O) groups excluding carboxylic acids is 1. The highest BCUT2D eigenvalue weighted by atomic mass is 32.2. The molecule has 0 spiro atoms. The predicted molar refractivity (Wildman–Crippen MR) is 152 cm³/mol. The number of amides is 1. The highest BCUT2D eigenvalue weighted by Crippen LogP contribution is 2.59. The lowest BCUT2D eigenvalue weighted by atomic mass is 9.99. The normalized spacial score (nSPS) is 23.6. The number of hydrogen-bond donors (Lipinski definition) is 4. The molecule has 3 aliphatic rings. The molecular formula is C27H35F3N8O2S. The molecule has 2 aromatic rings. The largest absolute Gasteiger partial charge is 0.477 e. The first kappa shape index (κ1) is 29.2. The number of hydrogen-bond acceptors (Lipinski definition) is 9. The molecule has 1 saturated carbocycles. The maximum Gasteiger partial charge on any atom is 0.394 e. The summed E-state index contributed by atoms with van der Waals surface area (Å²) in [5.41, 5.74) is -1.54. The van der Waals surface area contributed by atoms with Crippen molar-refractivity contribution in [3.8, 4) is 11.7 Å². The lowest BCUT2D eigenvalue weighted by molar-refractivity contribution is -0.190. The second kappa shape index (κ2) is 11.6. The Kier molecular flexibility index (Phi) is 8.24. The number of ether oxygens (including phenoxy) is 1. The van der Waals surface area contributed by atoms with Crippen LogP contribution in [0.25, 0.3) is 5.82 Å². The number of rotatable bonds is 6. The second-order valence-electron chi connectivity index (χ2n) is 11.3. The Labute approximate surface area is 241 Å². The fourth-order valence-electron chi connectivity index (χ4n) is 5.32. The van der Waals surface area contributed by atoms with E-state index in [0.717, 1.165) is 37.9 Å². The molecule has 222 valence electrons. The summed E-state index contributed by atoms with van der Waals surface area (Å²) < 4.78 is 49.6. The Morgan fingerprint density at radius 2 is 2.05 bits per heavy atom. The van der Waals surface area contributed by atoms with E-state index < -0.39 is 11.6 Å². The minimum absolute atomic E-state index is 0.0793. The molecule has 1 saturated heterocycles. The summed E-state index contributed by atoms with van der Waals surface area (Å²) in [7, 11) is 0. The van der Waals surface area contributed by atoms with E-state index in [1.807, 2.05) is 0 Å². The Bertz CT molecular complexity index is 1310. The van der Waals surface area contributed by atoms with Gasteiger partial charge in [-0.15, -0.1) is 5.10 Å². The zero-order valence-corrected chi connectivity index (χ0v) is 23.9. The monoisotopic (exact) mass is 592 g/mol. The van der Waals surface area contributed by atoms with E-state index in [9.17, 15) is 18.0 Å². The highest BCUT2D eigenvalue weighted by molar-refractivity contribution is 8.02. The van der Waals surface area contributed by atoms with Crippen molar-refractivity contribution in [1.82, 2.24) is 30.1 Å². The van der Waals surface area contributed by atoms with Crippen molar-refractivity contribution in [3.63, 3.8) is 0 Å². The van der Waals surface area contributed by atoms with Crippen molar-refractivity contribution < 1.29 is 22.7 Å². The molecule has 4 N–H and O–H groups in total. The topological polar surface area (TPSA) is 120 Å². The molecule has 0 radical (unpaired) electrons. The molecule has 0 aromatic carbocycles. The van der Waals surface area contributed by atoms with E-state index in [4.69, 9.17) is 15.1 Å². The number of alkyl halides is 3. The minimum Gasteiger partial charge on any atom is -0.477 e. The Balaban J connectivity index is 1.39. The van der Waals surface area contributed by atoms with Crippen molar-refractivity contribution in [2.24, 2.45) is 5.41 Å². The van der Waals surface area contributed by atoms with Gasteiger partial charge in [0.05, 0.1) is 22.5 Å². The first-order valence-electron chi connectivity index (χ1n) is 13.7. The molecule has 2 bridgehead atoms. The molecule has 1 unspecified atom stereocenters. The Hall–Kier alpha value is -3.26. The average molecular weight is 593 g/mol.